The van der Waals surface area contributed by atoms with Crippen LogP contribution in [0, 0.1) is 17.2 Å². The molecule has 2 aromatic carbocycles. The van der Waals surface area contributed by atoms with E-state index in [0.29, 0.717) is 23.5 Å². The summed E-state index contributed by atoms with van der Waals surface area (Å²) in [5.74, 6) is 1.34. The Kier molecular flexibility index (Phi) is 4.36. The zero-order valence-corrected chi connectivity index (χ0v) is 17.2. The van der Waals surface area contributed by atoms with Crippen molar-refractivity contribution < 1.29 is 14.2 Å². The average Bonchev–Trinajstić information content (AvgIpc) is 3.24. The number of nitriles is 1. The van der Waals surface area contributed by atoms with Crippen molar-refractivity contribution in [2.24, 2.45) is 18.7 Å². The SMILES string of the molecule is C[C@@H](Cc1ccc2c(c1)OCO2)[C@H]1C(C#N)=C(N)Oc2c1c(=O)n(C)c1ccccc21. The molecule has 5 rings (SSSR count). The first-order valence-electron chi connectivity index (χ1n) is 10.1. The van der Waals surface area contributed by atoms with E-state index in [4.69, 9.17) is 19.9 Å². The van der Waals surface area contributed by atoms with Gasteiger partial charge in [-0.2, -0.15) is 5.26 Å². The largest absolute Gasteiger partial charge is 0.454 e. The third kappa shape index (κ3) is 2.91. The first kappa shape index (κ1) is 19.1. The number of nitrogens with two attached hydrogens (primary N) is 1. The molecule has 0 amide bonds. The number of hydrogen-bond donors (Lipinski definition) is 1. The summed E-state index contributed by atoms with van der Waals surface area (Å²) >= 11 is 0. The van der Waals surface area contributed by atoms with Crippen molar-refractivity contribution in [1.82, 2.24) is 4.57 Å². The Morgan fingerprint density at radius 3 is 2.81 bits per heavy atom. The lowest BCUT2D eigenvalue weighted by molar-refractivity contribution is 0.174. The molecule has 2 aliphatic heterocycles. The van der Waals surface area contributed by atoms with Gasteiger partial charge in [-0.05, 0) is 42.2 Å². The summed E-state index contributed by atoms with van der Waals surface area (Å²) < 4.78 is 18.3. The molecule has 0 saturated carbocycles. The van der Waals surface area contributed by atoms with Gasteiger partial charge in [0.1, 0.15) is 11.8 Å². The van der Waals surface area contributed by atoms with Crippen molar-refractivity contribution >= 4 is 10.9 Å². The molecule has 7 heteroatoms. The molecule has 0 bridgehead atoms. The van der Waals surface area contributed by atoms with Gasteiger partial charge in [0, 0.05) is 18.4 Å². The first-order valence-corrected chi connectivity index (χ1v) is 10.1. The van der Waals surface area contributed by atoms with Gasteiger partial charge in [-0.1, -0.05) is 25.1 Å². The number of hydrogen-bond acceptors (Lipinski definition) is 6. The smallest absolute Gasteiger partial charge is 0.258 e. The Balaban J connectivity index is 1.64. The highest BCUT2D eigenvalue weighted by atomic mass is 16.7. The van der Waals surface area contributed by atoms with Gasteiger partial charge in [0.05, 0.1) is 16.7 Å². The summed E-state index contributed by atoms with van der Waals surface area (Å²) in [7, 11) is 1.73. The fourth-order valence-corrected chi connectivity index (χ4v) is 4.59. The minimum atomic E-state index is -0.484. The predicted octanol–water partition coefficient (Wildman–Crippen LogP) is 3.32. The Morgan fingerprint density at radius 2 is 2.00 bits per heavy atom. The maximum Gasteiger partial charge on any atom is 0.258 e. The lowest BCUT2D eigenvalue weighted by atomic mass is 9.77. The molecule has 31 heavy (non-hydrogen) atoms. The quantitative estimate of drug-likeness (QED) is 0.705. The molecule has 2 N–H and O–H groups in total. The van der Waals surface area contributed by atoms with Crippen LogP contribution in [-0.2, 0) is 13.5 Å². The monoisotopic (exact) mass is 415 g/mol. The number of allylic oxidation sites excluding steroid dienone is 1. The molecule has 2 atom stereocenters. The number of para-hydroxylation sites is 1. The van der Waals surface area contributed by atoms with Crippen LogP contribution in [0.15, 0.2) is 58.7 Å². The lowest BCUT2D eigenvalue weighted by Gasteiger charge is -2.31. The second-order valence-electron chi connectivity index (χ2n) is 7.96. The Hall–Kier alpha value is -3.92. The van der Waals surface area contributed by atoms with Crippen molar-refractivity contribution in [1.29, 1.82) is 5.26 Å². The van der Waals surface area contributed by atoms with E-state index in [1.807, 2.05) is 49.4 Å². The highest BCUT2D eigenvalue weighted by Gasteiger charge is 2.37. The van der Waals surface area contributed by atoms with Gasteiger partial charge in [-0.15, -0.1) is 0 Å². The second-order valence-corrected chi connectivity index (χ2v) is 7.96. The van der Waals surface area contributed by atoms with E-state index in [2.05, 4.69) is 6.07 Å². The molecule has 3 heterocycles. The van der Waals surface area contributed by atoms with Crippen LogP contribution < -0.4 is 25.5 Å². The van der Waals surface area contributed by atoms with Crippen LogP contribution in [0.1, 0.15) is 24.0 Å². The van der Waals surface area contributed by atoms with Crippen molar-refractivity contribution in [2.45, 2.75) is 19.3 Å². The minimum absolute atomic E-state index is 0.0518. The van der Waals surface area contributed by atoms with Crippen molar-refractivity contribution in [3.8, 4) is 23.3 Å². The maximum atomic E-state index is 13.4. The van der Waals surface area contributed by atoms with Gasteiger partial charge in [0.25, 0.3) is 5.56 Å². The normalized spacial score (nSPS) is 17.8. The highest BCUT2D eigenvalue weighted by Crippen LogP contribution is 2.44. The number of rotatable bonds is 3. The van der Waals surface area contributed by atoms with E-state index < -0.39 is 5.92 Å². The number of ether oxygens (including phenoxy) is 3. The fraction of sp³-hybridized carbons (Fsp3) is 0.250. The van der Waals surface area contributed by atoms with E-state index in [0.717, 1.165) is 22.2 Å². The number of fused-ring (bicyclic) bond motifs is 4. The van der Waals surface area contributed by atoms with Crippen LogP contribution in [0.4, 0.5) is 0 Å². The molecule has 3 aromatic rings. The third-order valence-corrected chi connectivity index (χ3v) is 6.07. The number of benzene rings is 2. The molecule has 1 aromatic heterocycles. The molecule has 7 nitrogen and oxygen atoms in total. The Labute approximate surface area is 178 Å². The number of pyridine rings is 1. The molecule has 0 radical (unpaired) electrons. The summed E-state index contributed by atoms with van der Waals surface area (Å²) in [6, 6.07) is 15.5. The van der Waals surface area contributed by atoms with Crippen molar-refractivity contribution in [3.05, 3.63) is 75.4 Å². The molecular formula is C24H21N3O4. The minimum Gasteiger partial charge on any atom is -0.454 e. The van der Waals surface area contributed by atoms with E-state index in [9.17, 15) is 10.1 Å². The van der Waals surface area contributed by atoms with Gasteiger partial charge in [-0.3, -0.25) is 4.79 Å². The van der Waals surface area contributed by atoms with Gasteiger partial charge >= 0.3 is 0 Å². The van der Waals surface area contributed by atoms with Gasteiger partial charge < -0.3 is 24.5 Å². The summed E-state index contributed by atoms with van der Waals surface area (Å²) in [4.78, 5) is 13.4. The molecule has 156 valence electrons. The zero-order chi connectivity index (χ0) is 21.7. The van der Waals surface area contributed by atoms with E-state index in [1.54, 1.807) is 11.6 Å². The van der Waals surface area contributed by atoms with Crippen LogP contribution in [0.2, 0.25) is 0 Å². The zero-order valence-electron chi connectivity index (χ0n) is 17.2. The highest BCUT2D eigenvalue weighted by molar-refractivity contribution is 5.87. The number of aromatic nitrogens is 1. The van der Waals surface area contributed by atoms with Crippen molar-refractivity contribution in [2.75, 3.05) is 6.79 Å². The lowest BCUT2D eigenvalue weighted by Crippen LogP contribution is -2.33. The van der Waals surface area contributed by atoms with Crippen LogP contribution in [0.3, 0.4) is 0 Å². The third-order valence-electron chi connectivity index (χ3n) is 6.07. The molecule has 0 fully saturated rings. The molecule has 0 saturated heterocycles. The second kappa shape index (κ2) is 7.10. The van der Waals surface area contributed by atoms with Gasteiger partial charge in [0.2, 0.25) is 12.7 Å². The van der Waals surface area contributed by atoms with Crippen LogP contribution in [-0.4, -0.2) is 11.4 Å². The molecule has 2 aliphatic rings. The summed E-state index contributed by atoms with van der Waals surface area (Å²) in [6.07, 6.45) is 0.620. The van der Waals surface area contributed by atoms with E-state index >= 15 is 0 Å². The van der Waals surface area contributed by atoms with Crippen LogP contribution >= 0.6 is 0 Å². The summed E-state index contributed by atoms with van der Waals surface area (Å²) in [5, 5.41) is 10.7. The average molecular weight is 415 g/mol. The first-order chi connectivity index (χ1) is 15.0. The summed E-state index contributed by atoms with van der Waals surface area (Å²) in [5.41, 5.74) is 8.52. The van der Waals surface area contributed by atoms with Gasteiger partial charge in [-0.25, -0.2) is 0 Å². The number of nitrogens with zero attached hydrogens (tertiary/aromatic N) is 2. The standard InChI is InChI=1S/C24H21N3O4/c1-13(9-14-7-8-18-19(10-14)30-12-29-18)20-16(11-25)23(26)31-22-15-5-3-4-6-17(15)27(2)24(28)21(20)22/h3-8,10,13,20H,9,12,26H2,1-2H3/t13-,20-/m0/s1. The predicted molar refractivity (Wildman–Crippen MR) is 115 cm³/mol. The molecule has 0 spiro atoms. The van der Waals surface area contributed by atoms with E-state index in [1.165, 1.54) is 0 Å². The van der Waals surface area contributed by atoms with Crippen molar-refractivity contribution in [3.63, 3.8) is 0 Å². The number of aryl methyl sites for hydroxylation is 1. The molecular weight excluding hydrogens is 394 g/mol. The Bertz CT molecular complexity index is 1350. The van der Waals surface area contributed by atoms with Crippen LogP contribution in [0.25, 0.3) is 10.9 Å². The van der Waals surface area contributed by atoms with Crippen LogP contribution in [0.5, 0.6) is 17.2 Å². The van der Waals surface area contributed by atoms with Gasteiger partial charge in [0.15, 0.2) is 11.5 Å². The maximum absolute atomic E-state index is 13.4. The topological polar surface area (TPSA) is 99.5 Å². The van der Waals surface area contributed by atoms with E-state index in [-0.39, 0.29) is 29.7 Å². The summed E-state index contributed by atoms with van der Waals surface area (Å²) in [6.45, 7) is 2.23. The Morgan fingerprint density at radius 1 is 1.23 bits per heavy atom. The fourth-order valence-electron chi connectivity index (χ4n) is 4.59. The molecule has 0 aliphatic carbocycles. The molecule has 0 unspecified atom stereocenters.